The van der Waals surface area contributed by atoms with Crippen molar-refractivity contribution in [2.45, 2.75) is 19.0 Å². The molecule has 1 saturated carbocycles. The van der Waals surface area contributed by atoms with Crippen molar-refractivity contribution in [1.82, 2.24) is 0 Å². The molecule has 1 aliphatic rings. The Balaban J connectivity index is 2.80. The smallest absolute Gasteiger partial charge is 0.402 e. The van der Waals surface area contributed by atoms with Crippen LogP contribution in [0, 0.1) is 5.41 Å². The van der Waals surface area contributed by atoms with Crippen LogP contribution in [0.4, 0.5) is 13.2 Å². The van der Waals surface area contributed by atoms with Gasteiger partial charge < -0.3 is 5.11 Å². The van der Waals surface area contributed by atoms with Crippen LogP contribution in [-0.4, -0.2) is 16.3 Å². The van der Waals surface area contributed by atoms with Gasteiger partial charge in [-0.1, -0.05) is 0 Å². The fourth-order valence-electron chi connectivity index (χ4n) is 0.744. The molecule has 1 fully saturated rings. The first-order chi connectivity index (χ1) is 4.40. The SMILES string of the molecule is OC(=S)C1(C(F)(F)F)CC1. The molecular formula is C5H5F3OS. The summed E-state index contributed by atoms with van der Waals surface area (Å²) in [4.78, 5) is 0. The normalized spacial score (nSPS) is 22.3. The molecule has 0 saturated heterocycles. The van der Waals surface area contributed by atoms with E-state index in [1.54, 1.807) is 0 Å². The average Bonchev–Trinajstić information content (AvgIpc) is 2.36. The fraction of sp³-hybridized carbons (Fsp3) is 0.800. The zero-order valence-corrected chi connectivity index (χ0v) is 5.72. The molecular weight excluding hydrogens is 165 g/mol. The predicted molar refractivity (Wildman–Crippen MR) is 32.9 cm³/mol. The Morgan fingerprint density at radius 2 is 1.80 bits per heavy atom. The third-order valence-corrected chi connectivity index (χ3v) is 2.09. The van der Waals surface area contributed by atoms with Gasteiger partial charge in [0.15, 0.2) is 5.05 Å². The van der Waals surface area contributed by atoms with Crippen LogP contribution in [0.3, 0.4) is 0 Å². The van der Waals surface area contributed by atoms with Crippen molar-refractivity contribution >= 4 is 17.3 Å². The average molecular weight is 170 g/mol. The minimum Gasteiger partial charge on any atom is -0.501 e. The lowest BCUT2D eigenvalue weighted by Crippen LogP contribution is -2.31. The van der Waals surface area contributed by atoms with Crippen molar-refractivity contribution in [2.75, 3.05) is 0 Å². The molecule has 58 valence electrons. The molecule has 0 aliphatic heterocycles. The van der Waals surface area contributed by atoms with E-state index in [1.165, 1.54) is 0 Å². The van der Waals surface area contributed by atoms with Gasteiger partial charge in [-0.15, -0.1) is 0 Å². The Morgan fingerprint density at radius 1 is 1.40 bits per heavy atom. The van der Waals surface area contributed by atoms with E-state index in [9.17, 15) is 13.2 Å². The first-order valence-electron chi connectivity index (χ1n) is 2.70. The van der Waals surface area contributed by atoms with E-state index in [2.05, 4.69) is 12.2 Å². The highest BCUT2D eigenvalue weighted by Crippen LogP contribution is 2.58. The molecule has 1 aliphatic carbocycles. The molecule has 10 heavy (non-hydrogen) atoms. The monoisotopic (exact) mass is 170 g/mol. The maximum Gasteiger partial charge on any atom is 0.402 e. The number of rotatable bonds is 1. The van der Waals surface area contributed by atoms with Crippen LogP contribution in [0.25, 0.3) is 0 Å². The van der Waals surface area contributed by atoms with Gasteiger partial charge in [-0.3, -0.25) is 0 Å². The van der Waals surface area contributed by atoms with Crippen molar-refractivity contribution in [2.24, 2.45) is 5.41 Å². The summed E-state index contributed by atoms with van der Waals surface area (Å²) in [5, 5.41) is 7.57. The van der Waals surface area contributed by atoms with Gasteiger partial charge in [-0.05, 0) is 25.1 Å². The van der Waals surface area contributed by atoms with Crippen LogP contribution < -0.4 is 0 Å². The molecule has 5 heteroatoms. The molecule has 0 bridgehead atoms. The summed E-state index contributed by atoms with van der Waals surface area (Å²) in [7, 11) is 0. The summed E-state index contributed by atoms with van der Waals surface area (Å²) in [6.07, 6.45) is -4.49. The van der Waals surface area contributed by atoms with E-state index in [1.807, 2.05) is 0 Å². The molecule has 0 aromatic carbocycles. The highest BCUT2D eigenvalue weighted by atomic mass is 32.1. The molecule has 0 amide bonds. The summed E-state index contributed by atoms with van der Waals surface area (Å²) in [5.41, 5.74) is -2.03. The standard InChI is InChI=1S/C5H5F3OS/c6-5(7,8)4(1-2-4)3(9)10/h1-2H2,(H,9,10). The summed E-state index contributed by atoms with van der Waals surface area (Å²) >= 11 is 4.08. The molecule has 0 unspecified atom stereocenters. The zero-order valence-electron chi connectivity index (χ0n) is 4.90. The first kappa shape index (κ1) is 7.78. The van der Waals surface area contributed by atoms with Gasteiger partial charge in [-0.2, -0.15) is 13.2 Å². The van der Waals surface area contributed by atoms with Crippen LogP contribution in [0.2, 0.25) is 0 Å². The second kappa shape index (κ2) is 1.84. The minimum atomic E-state index is -4.36. The largest absolute Gasteiger partial charge is 0.501 e. The van der Waals surface area contributed by atoms with Crippen LogP contribution in [0.5, 0.6) is 0 Å². The number of halogens is 3. The van der Waals surface area contributed by atoms with Crippen LogP contribution in [0.15, 0.2) is 0 Å². The van der Waals surface area contributed by atoms with Gasteiger partial charge in [-0.25, -0.2) is 0 Å². The molecule has 0 aromatic rings. The van der Waals surface area contributed by atoms with Crippen LogP contribution in [0.1, 0.15) is 12.8 Å². The maximum atomic E-state index is 11.9. The van der Waals surface area contributed by atoms with Gasteiger partial charge in [0.25, 0.3) is 0 Å². The van der Waals surface area contributed by atoms with Gasteiger partial charge in [0.2, 0.25) is 0 Å². The van der Waals surface area contributed by atoms with E-state index in [0.717, 1.165) is 0 Å². The topological polar surface area (TPSA) is 20.2 Å². The summed E-state index contributed by atoms with van der Waals surface area (Å²) in [6, 6.07) is 0. The highest BCUT2D eigenvalue weighted by molar-refractivity contribution is 7.80. The second-order valence-corrected chi connectivity index (χ2v) is 2.77. The molecule has 0 radical (unpaired) electrons. The molecule has 0 atom stereocenters. The van der Waals surface area contributed by atoms with E-state index < -0.39 is 16.6 Å². The number of thiocarbonyl (C=S) groups is 1. The van der Waals surface area contributed by atoms with Gasteiger partial charge in [0.1, 0.15) is 5.41 Å². The van der Waals surface area contributed by atoms with Crippen molar-refractivity contribution in [1.29, 1.82) is 0 Å². The lowest BCUT2D eigenvalue weighted by molar-refractivity contribution is -0.167. The molecule has 0 spiro atoms. The van der Waals surface area contributed by atoms with E-state index >= 15 is 0 Å². The van der Waals surface area contributed by atoms with E-state index in [0.29, 0.717) is 0 Å². The summed E-state index contributed by atoms with van der Waals surface area (Å²) < 4.78 is 35.7. The number of aliphatic hydroxyl groups is 1. The lowest BCUT2D eigenvalue weighted by Gasteiger charge is -2.15. The highest BCUT2D eigenvalue weighted by Gasteiger charge is 2.66. The summed E-state index contributed by atoms with van der Waals surface area (Å²) in [5.74, 6) is 0. The third-order valence-electron chi connectivity index (χ3n) is 1.70. The fourth-order valence-corrected chi connectivity index (χ4v) is 1.06. The zero-order chi connectivity index (χ0) is 7.99. The Bertz CT molecular complexity index is 170. The molecule has 1 nitrogen and oxygen atoms in total. The Hall–Kier alpha value is -0.320. The van der Waals surface area contributed by atoms with Gasteiger partial charge in [0, 0.05) is 0 Å². The molecule has 0 heterocycles. The van der Waals surface area contributed by atoms with Crippen molar-refractivity contribution in [3.63, 3.8) is 0 Å². The maximum absolute atomic E-state index is 11.9. The van der Waals surface area contributed by atoms with Gasteiger partial charge >= 0.3 is 6.18 Å². The third kappa shape index (κ3) is 0.885. The molecule has 0 aromatic heterocycles. The predicted octanol–water partition coefficient (Wildman–Crippen LogP) is 2.21. The van der Waals surface area contributed by atoms with Crippen molar-refractivity contribution in [3.8, 4) is 0 Å². The first-order valence-corrected chi connectivity index (χ1v) is 3.11. The second-order valence-electron chi connectivity index (χ2n) is 2.39. The van der Waals surface area contributed by atoms with E-state index in [4.69, 9.17) is 5.11 Å². The Kier molecular flexibility index (Phi) is 1.43. The minimum absolute atomic E-state index is 0.0637. The number of alkyl halides is 3. The van der Waals surface area contributed by atoms with Crippen LogP contribution >= 0.6 is 12.2 Å². The van der Waals surface area contributed by atoms with E-state index in [-0.39, 0.29) is 12.8 Å². The lowest BCUT2D eigenvalue weighted by atomic mass is 10.1. The quantitative estimate of drug-likeness (QED) is 0.609. The van der Waals surface area contributed by atoms with Crippen molar-refractivity contribution < 1.29 is 18.3 Å². The Labute approximate surface area is 60.8 Å². The number of aliphatic hydroxyl groups excluding tert-OH is 1. The summed E-state index contributed by atoms with van der Waals surface area (Å²) in [6.45, 7) is 0. The number of hydrogen-bond acceptors (Lipinski definition) is 1. The van der Waals surface area contributed by atoms with Crippen molar-refractivity contribution in [3.05, 3.63) is 0 Å². The number of hydrogen-bond donors (Lipinski definition) is 1. The van der Waals surface area contributed by atoms with Gasteiger partial charge in [0.05, 0.1) is 0 Å². The molecule has 1 N–H and O–H groups in total. The molecule has 1 rings (SSSR count). The Morgan fingerprint density at radius 3 is 1.80 bits per heavy atom. The van der Waals surface area contributed by atoms with Crippen LogP contribution in [-0.2, 0) is 0 Å².